The first-order valence-corrected chi connectivity index (χ1v) is 10.4. The molecule has 0 atom stereocenters. The summed E-state index contributed by atoms with van der Waals surface area (Å²) in [6.45, 7) is 0.608. The van der Waals surface area contributed by atoms with Crippen molar-refractivity contribution in [3.63, 3.8) is 0 Å². The van der Waals surface area contributed by atoms with Crippen LogP contribution in [0.5, 0.6) is 5.75 Å². The normalized spacial score (nSPS) is 10.6. The molecule has 3 aromatic carbocycles. The lowest BCUT2D eigenvalue weighted by Crippen LogP contribution is -2.23. The largest absolute Gasteiger partial charge is 0.489 e. The van der Waals surface area contributed by atoms with Crippen LogP contribution in [0.3, 0.4) is 0 Å². The maximum Gasteiger partial charge on any atom is 0.271 e. The van der Waals surface area contributed by atoms with E-state index < -0.39 is 0 Å². The van der Waals surface area contributed by atoms with E-state index in [4.69, 9.17) is 4.74 Å². The molecular weight excluding hydrogens is 418 g/mol. The number of hydrogen-bond acceptors (Lipinski definition) is 4. The maximum atomic E-state index is 13.0. The number of ether oxygens (including phenoxy) is 1. The van der Waals surface area contributed by atoms with E-state index in [0.29, 0.717) is 29.6 Å². The van der Waals surface area contributed by atoms with Crippen molar-refractivity contribution in [2.75, 3.05) is 0 Å². The first kappa shape index (κ1) is 20.7. The van der Waals surface area contributed by atoms with Gasteiger partial charge < -0.3 is 10.1 Å². The molecule has 0 saturated heterocycles. The van der Waals surface area contributed by atoms with E-state index in [1.54, 1.807) is 29.6 Å². The number of aromatic nitrogens is 1. The van der Waals surface area contributed by atoms with Crippen molar-refractivity contribution >= 4 is 17.2 Å². The number of halogens is 2. The molecule has 0 radical (unpaired) electrons. The molecule has 7 heteroatoms. The van der Waals surface area contributed by atoms with E-state index in [9.17, 15) is 13.6 Å². The minimum Gasteiger partial charge on any atom is -0.489 e. The van der Waals surface area contributed by atoms with Crippen LogP contribution in [0.25, 0.3) is 10.6 Å². The minimum atomic E-state index is -0.317. The number of amides is 1. The monoisotopic (exact) mass is 436 g/mol. The minimum absolute atomic E-state index is 0.285. The summed E-state index contributed by atoms with van der Waals surface area (Å²) in [6, 6.07) is 19.5. The Morgan fingerprint density at radius 1 is 0.935 bits per heavy atom. The van der Waals surface area contributed by atoms with E-state index >= 15 is 0 Å². The Hall–Kier alpha value is -3.58. The Morgan fingerprint density at radius 3 is 2.32 bits per heavy atom. The molecule has 4 rings (SSSR count). The highest BCUT2D eigenvalue weighted by Gasteiger charge is 2.12. The Labute approximate surface area is 182 Å². The van der Waals surface area contributed by atoms with Crippen molar-refractivity contribution in [3.8, 4) is 16.3 Å². The molecule has 1 aromatic heterocycles. The number of carbonyl (C=O) groups excluding carboxylic acids is 1. The van der Waals surface area contributed by atoms with E-state index in [1.165, 1.54) is 35.6 Å². The number of benzene rings is 3. The lowest BCUT2D eigenvalue weighted by Gasteiger charge is -2.07. The van der Waals surface area contributed by atoms with Crippen molar-refractivity contribution in [2.45, 2.75) is 13.2 Å². The van der Waals surface area contributed by atoms with Gasteiger partial charge in [0, 0.05) is 17.5 Å². The smallest absolute Gasteiger partial charge is 0.271 e. The van der Waals surface area contributed by atoms with Gasteiger partial charge in [0.25, 0.3) is 5.91 Å². The van der Waals surface area contributed by atoms with Crippen LogP contribution in [0.2, 0.25) is 0 Å². The van der Waals surface area contributed by atoms with Gasteiger partial charge >= 0.3 is 0 Å². The molecule has 0 aliphatic rings. The summed E-state index contributed by atoms with van der Waals surface area (Å²) in [5.74, 6) is -0.245. The highest BCUT2D eigenvalue weighted by atomic mass is 32.1. The fourth-order valence-electron chi connectivity index (χ4n) is 2.85. The van der Waals surface area contributed by atoms with Gasteiger partial charge in [-0.2, -0.15) is 0 Å². The first-order valence-electron chi connectivity index (χ1n) is 9.53. The van der Waals surface area contributed by atoms with Crippen molar-refractivity contribution in [3.05, 3.63) is 107 Å². The Bertz CT molecular complexity index is 1170. The van der Waals surface area contributed by atoms with Gasteiger partial charge in [-0.15, -0.1) is 11.3 Å². The van der Waals surface area contributed by atoms with Crippen molar-refractivity contribution in [1.29, 1.82) is 0 Å². The third-order valence-electron chi connectivity index (χ3n) is 4.50. The zero-order valence-electron chi connectivity index (χ0n) is 16.3. The van der Waals surface area contributed by atoms with Crippen LogP contribution in [0.15, 0.2) is 78.2 Å². The summed E-state index contributed by atoms with van der Waals surface area (Å²) in [5.41, 5.74) is 2.82. The summed E-state index contributed by atoms with van der Waals surface area (Å²) in [4.78, 5) is 16.8. The van der Waals surface area contributed by atoms with Gasteiger partial charge in [0.2, 0.25) is 0 Å². The predicted octanol–water partition coefficient (Wildman–Crippen LogP) is 5.60. The summed E-state index contributed by atoms with van der Waals surface area (Å²) < 4.78 is 31.8. The molecule has 1 heterocycles. The zero-order valence-corrected chi connectivity index (χ0v) is 17.2. The molecule has 4 nitrogen and oxygen atoms in total. The van der Waals surface area contributed by atoms with Gasteiger partial charge in [-0.05, 0) is 47.5 Å². The van der Waals surface area contributed by atoms with Crippen LogP contribution in [-0.2, 0) is 13.2 Å². The molecule has 0 fully saturated rings. The summed E-state index contributed by atoms with van der Waals surface area (Å²) in [7, 11) is 0. The molecule has 0 saturated carbocycles. The molecule has 4 aromatic rings. The van der Waals surface area contributed by atoms with Gasteiger partial charge in [0.15, 0.2) is 0 Å². The van der Waals surface area contributed by atoms with Crippen molar-refractivity contribution < 1.29 is 18.3 Å². The number of hydrogen-bond donors (Lipinski definition) is 1. The molecule has 0 unspecified atom stereocenters. The van der Waals surface area contributed by atoms with Crippen LogP contribution in [0.4, 0.5) is 8.78 Å². The second kappa shape index (κ2) is 9.49. The molecule has 1 N–H and O–H groups in total. The lowest BCUT2D eigenvalue weighted by molar-refractivity contribution is 0.0946. The van der Waals surface area contributed by atoms with Crippen LogP contribution < -0.4 is 10.1 Å². The lowest BCUT2D eigenvalue weighted by atomic mass is 10.2. The van der Waals surface area contributed by atoms with Gasteiger partial charge in [-0.3, -0.25) is 4.79 Å². The average molecular weight is 436 g/mol. The van der Waals surface area contributed by atoms with E-state index in [2.05, 4.69) is 10.3 Å². The van der Waals surface area contributed by atoms with Gasteiger partial charge in [-0.25, -0.2) is 13.8 Å². The number of thiazole rings is 1. The quantitative estimate of drug-likeness (QED) is 0.410. The Balaban J connectivity index is 1.38. The third kappa shape index (κ3) is 5.52. The number of rotatable bonds is 7. The van der Waals surface area contributed by atoms with Gasteiger partial charge in [0.05, 0.1) is 0 Å². The standard InChI is InChI=1S/C24H18F2N2O2S/c25-19-8-4-16(5-9-19)13-27-23(29)22-15-31-24(28-22)18-2-1-3-21(12-18)30-14-17-6-10-20(26)11-7-17/h1-12,15H,13-14H2,(H,27,29). The molecule has 0 aliphatic heterocycles. The van der Waals surface area contributed by atoms with E-state index in [1.807, 2.05) is 24.3 Å². The van der Waals surface area contributed by atoms with Crippen LogP contribution in [0.1, 0.15) is 21.6 Å². The topological polar surface area (TPSA) is 51.2 Å². The summed E-state index contributed by atoms with van der Waals surface area (Å²) in [5, 5.41) is 5.17. The third-order valence-corrected chi connectivity index (χ3v) is 5.39. The molecule has 0 spiro atoms. The molecule has 1 amide bonds. The zero-order chi connectivity index (χ0) is 21.6. The molecule has 0 aliphatic carbocycles. The fourth-order valence-corrected chi connectivity index (χ4v) is 3.65. The molecule has 156 valence electrons. The van der Waals surface area contributed by atoms with Gasteiger partial charge in [0.1, 0.15) is 34.7 Å². The first-order chi connectivity index (χ1) is 15.1. The second-order valence-corrected chi connectivity index (χ2v) is 7.65. The Morgan fingerprint density at radius 2 is 1.61 bits per heavy atom. The average Bonchev–Trinajstić information content (AvgIpc) is 3.29. The predicted molar refractivity (Wildman–Crippen MR) is 116 cm³/mol. The Kier molecular flexibility index (Phi) is 6.33. The van der Waals surface area contributed by atoms with Crippen LogP contribution >= 0.6 is 11.3 Å². The number of nitrogens with one attached hydrogen (secondary N) is 1. The summed E-state index contributed by atoms with van der Waals surface area (Å²) in [6.07, 6.45) is 0. The fraction of sp³-hybridized carbons (Fsp3) is 0.0833. The highest BCUT2D eigenvalue weighted by Crippen LogP contribution is 2.27. The van der Waals surface area contributed by atoms with Gasteiger partial charge in [-0.1, -0.05) is 36.4 Å². The van der Waals surface area contributed by atoms with Crippen LogP contribution in [-0.4, -0.2) is 10.9 Å². The number of carbonyl (C=O) groups is 1. The maximum absolute atomic E-state index is 13.0. The molecular formula is C24H18F2N2O2S. The summed E-state index contributed by atoms with van der Waals surface area (Å²) >= 11 is 1.36. The van der Waals surface area contributed by atoms with Crippen LogP contribution in [0, 0.1) is 11.6 Å². The van der Waals surface area contributed by atoms with E-state index in [0.717, 1.165) is 16.7 Å². The van der Waals surface area contributed by atoms with E-state index in [-0.39, 0.29) is 17.5 Å². The second-order valence-electron chi connectivity index (χ2n) is 6.79. The highest BCUT2D eigenvalue weighted by molar-refractivity contribution is 7.13. The molecule has 31 heavy (non-hydrogen) atoms. The molecule has 0 bridgehead atoms. The SMILES string of the molecule is O=C(NCc1ccc(F)cc1)c1csc(-c2cccc(OCc3ccc(F)cc3)c2)n1. The number of nitrogens with zero attached hydrogens (tertiary/aromatic N) is 1. The van der Waals surface area contributed by atoms with Crippen molar-refractivity contribution in [2.24, 2.45) is 0 Å². The van der Waals surface area contributed by atoms with Crippen molar-refractivity contribution in [1.82, 2.24) is 10.3 Å².